The van der Waals surface area contributed by atoms with E-state index in [1.54, 1.807) is 19.2 Å². The number of aliphatic hydroxyl groups excluding tert-OH is 1. The molecule has 0 spiro atoms. The molecule has 296 valence electrons. The highest BCUT2D eigenvalue weighted by atomic mass is 79.9. The first-order valence-electron chi connectivity index (χ1n) is 19.4. The summed E-state index contributed by atoms with van der Waals surface area (Å²) in [5.41, 5.74) is 0.907. The normalized spacial score (nSPS) is 22.5. The number of amides is 1. The predicted molar refractivity (Wildman–Crippen MR) is 203 cm³/mol. The zero-order valence-electron chi connectivity index (χ0n) is 31.5. The van der Waals surface area contributed by atoms with E-state index >= 15 is 0 Å². The van der Waals surface area contributed by atoms with E-state index in [-0.39, 0.29) is 40.4 Å². The maximum atomic E-state index is 12.0. The summed E-state index contributed by atoms with van der Waals surface area (Å²) in [6.45, 7) is 6.83. The summed E-state index contributed by atoms with van der Waals surface area (Å²) < 4.78 is 25.6. The van der Waals surface area contributed by atoms with Gasteiger partial charge in [0.1, 0.15) is 29.7 Å². The minimum atomic E-state index is -0.925. The second kappa shape index (κ2) is 20.0. The van der Waals surface area contributed by atoms with Gasteiger partial charge in [-0.05, 0) is 67.1 Å². The van der Waals surface area contributed by atoms with Crippen LogP contribution < -0.4 is 41.8 Å². The van der Waals surface area contributed by atoms with E-state index < -0.39 is 11.7 Å². The molecule has 3 aromatic carbocycles. The van der Waals surface area contributed by atoms with Crippen LogP contribution >= 0.6 is 0 Å². The van der Waals surface area contributed by atoms with Crippen LogP contribution in [-0.2, 0) is 15.1 Å². The number of hydrogen-bond donors (Lipinski definition) is 5. The van der Waals surface area contributed by atoms with Gasteiger partial charge in [-0.25, -0.2) is 0 Å². The molecule has 3 heterocycles. The van der Waals surface area contributed by atoms with E-state index in [9.17, 15) is 20.1 Å². The SMILES string of the molecule is COc1cc(OCCC[N+]23CCC(CC2)[C@@H](OC[C@@](O)(c2ccccc2)C2CCCC2)C3)ccc1OCCCNC[C@H](O)c1ccc(O)c(NC=O)c1.[Br-]. The summed E-state index contributed by atoms with van der Waals surface area (Å²) in [6.07, 6.45) is 8.37. The van der Waals surface area contributed by atoms with Crippen molar-refractivity contribution in [2.45, 2.75) is 69.2 Å². The molecule has 1 amide bonds. The van der Waals surface area contributed by atoms with Gasteiger partial charge in [-0.3, -0.25) is 4.79 Å². The molecule has 1 aliphatic carbocycles. The molecule has 3 atom stereocenters. The van der Waals surface area contributed by atoms with Crippen LogP contribution in [0.3, 0.4) is 0 Å². The number of carbonyl (C=O) groups excluding carboxylic acids is 1. The summed E-state index contributed by atoms with van der Waals surface area (Å²) in [6, 6.07) is 20.5. The second-order valence-corrected chi connectivity index (χ2v) is 15.1. The monoisotopic (exact) mass is 811 g/mol. The topological polar surface area (TPSA) is 139 Å². The van der Waals surface area contributed by atoms with Crippen molar-refractivity contribution in [1.82, 2.24) is 5.32 Å². The molecule has 3 aliphatic heterocycles. The number of carbonyl (C=O) groups is 1. The van der Waals surface area contributed by atoms with Crippen LogP contribution in [0.5, 0.6) is 23.0 Å². The van der Waals surface area contributed by atoms with Gasteiger partial charge in [0.2, 0.25) is 6.41 Å². The van der Waals surface area contributed by atoms with Crippen molar-refractivity contribution in [2.75, 3.05) is 71.5 Å². The van der Waals surface area contributed by atoms with Gasteiger partial charge in [0.15, 0.2) is 11.5 Å². The summed E-state index contributed by atoms with van der Waals surface area (Å²) in [5, 5.41) is 38.0. The minimum absolute atomic E-state index is 0. The molecule has 4 aliphatic rings. The first kappa shape index (κ1) is 41.8. The number of ether oxygens (including phenoxy) is 4. The molecule has 3 saturated heterocycles. The number of nitrogens with zero attached hydrogens (tertiary/aromatic N) is 1. The maximum absolute atomic E-state index is 12.0. The Hall–Kier alpha value is -3.39. The number of quaternary nitrogens is 1. The molecule has 0 radical (unpaired) electrons. The number of piperidine rings is 3. The zero-order chi connectivity index (χ0) is 37.1. The standard InChI is InChI=1S/C42H57N3O8.BrH/c1-50-40-26-35(14-16-39(40)52-23-7-19-43-27-38(48)32-13-15-37(47)36(25-32)44-30-46)51-24-8-20-45-21-17-31(18-22-45)41(28-45)53-29-42(49,34-11-5-6-12-34)33-9-3-2-4-10-33;/h2-4,9-10,13-16,25-26,30-31,34,38,41,43,48-49H,5-8,11-12,17-24,27-29H2,1H3,(H-,44,46,47);1H/t31?,38-,41-,42+,45?;/m0./s1. The minimum Gasteiger partial charge on any atom is -1.00 e. The molecule has 54 heavy (non-hydrogen) atoms. The van der Waals surface area contributed by atoms with E-state index in [0.717, 1.165) is 48.1 Å². The lowest BCUT2D eigenvalue weighted by Gasteiger charge is -2.53. The maximum Gasteiger partial charge on any atom is 0.211 e. The Morgan fingerprint density at radius 2 is 1.70 bits per heavy atom. The van der Waals surface area contributed by atoms with Crippen LogP contribution in [0.4, 0.5) is 5.69 Å². The Labute approximate surface area is 330 Å². The second-order valence-electron chi connectivity index (χ2n) is 15.1. The van der Waals surface area contributed by atoms with Crippen molar-refractivity contribution >= 4 is 12.1 Å². The smallest absolute Gasteiger partial charge is 0.211 e. The number of aliphatic hydroxyl groups is 2. The number of fused-ring (bicyclic) bond motifs is 3. The lowest BCUT2D eigenvalue weighted by molar-refractivity contribution is -0.946. The van der Waals surface area contributed by atoms with Gasteiger partial charge >= 0.3 is 0 Å². The first-order chi connectivity index (χ1) is 25.8. The number of hydrogen-bond acceptors (Lipinski definition) is 9. The third kappa shape index (κ3) is 10.5. The van der Waals surface area contributed by atoms with Crippen molar-refractivity contribution in [2.24, 2.45) is 11.8 Å². The average molecular weight is 813 g/mol. The molecule has 2 bridgehead atoms. The number of phenolic OH excluding ortho intramolecular Hbond substituents is 1. The van der Waals surface area contributed by atoms with Crippen LogP contribution in [0.25, 0.3) is 0 Å². The Kier molecular flexibility index (Phi) is 15.4. The number of phenols is 1. The Morgan fingerprint density at radius 1 is 0.944 bits per heavy atom. The van der Waals surface area contributed by atoms with Crippen molar-refractivity contribution in [3.8, 4) is 23.0 Å². The van der Waals surface area contributed by atoms with Gasteiger partial charge in [0, 0.05) is 37.8 Å². The number of nitrogens with one attached hydrogen (secondary N) is 2. The van der Waals surface area contributed by atoms with E-state index in [1.165, 1.54) is 44.8 Å². The van der Waals surface area contributed by atoms with Crippen LogP contribution in [0.15, 0.2) is 66.7 Å². The number of anilines is 1. The van der Waals surface area contributed by atoms with E-state index in [2.05, 4.69) is 22.8 Å². The summed E-state index contributed by atoms with van der Waals surface area (Å²) in [4.78, 5) is 10.7. The summed E-state index contributed by atoms with van der Waals surface area (Å²) >= 11 is 0. The van der Waals surface area contributed by atoms with Gasteiger partial charge in [0.25, 0.3) is 0 Å². The Morgan fingerprint density at radius 3 is 2.44 bits per heavy atom. The molecule has 4 fully saturated rings. The van der Waals surface area contributed by atoms with E-state index in [0.29, 0.717) is 68.7 Å². The predicted octanol–water partition coefficient (Wildman–Crippen LogP) is 2.54. The lowest BCUT2D eigenvalue weighted by atomic mass is 9.80. The third-order valence-electron chi connectivity index (χ3n) is 11.8. The van der Waals surface area contributed by atoms with Gasteiger partial charge in [0.05, 0.1) is 58.4 Å². The quantitative estimate of drug-likeness (QED) is 0.0476. The molecule has 0 unspecified atom stereocenters. The van der Waals surface area contributed by atoms with Gasteiger partial charge in [-0.1, -0.05) is 49.2 Å². The Bertz CT molecular complexity index is 1600. The average Bonchev–Trinajstić information content (AvgIpc) is 3.75. The fraction of sp³-hybridized carbons (Fsp3) is 0.548. The molecule has 12 heteroatoms. The van der Waals surface area contributed by atoms with Crippen molar-refractivity contribution < 1.29 is 60.5 Å². The first-order valence-corrected chi connectivity index (χ1v) is 19.4. The van der Waals surface area contributed by atoms with Crippen LogP contribution in [0.1, 0.15) is 68.6 Å². The van der Waals surface area contributed by atoms with Crippen molar-refractivity contribution in [3.05, 3.63) is 77.9 Å². The van der Waals surface area contributed by atoms with Crippen molar-refractivity contribution in [3.63, 3.8) is 0 Å². The molecule has 1 saturated carbocycles. The molecule has 5 N–H and O–H groups in total. The number of rotatable bonds is 21. The van der Waals surface area contributed by atoms with Crippen LogP contribution in [-0.4, -0.2) is 98.5 Å². The van der Waals surface area contributed by atoms with E-state index in [1.807, 2.05) is 36.4 Å². The molecule has 7 rings (SSSR count). The number of methoxy groups -OCH3 is 1. The molecule has 11 nitrogen and oxygen atoms in total. The third-order valence-corrected chi connectivity index (χ3v) is 11.8. The van der Waals surface area contributed by atoms with Crippen LogP contribution in [0.2, 0.25) is 0 Å². The molecule has 0 aromatic heterocycles. The lowest BCUT2D eigenvalue weighted by Crippen LogP contribution is -3.00. The summed E-state index contributed by atoms with van der Waals surface area (Å²) in [7, 11) is 1.62. The fourth-order valence-corrected chi connectivity index (χ4v) is 8.65. The van der Waals surface area contributed by atoms with Gasteiger partial charge in [-0.15, -0.1) is 0 Å². The molecule has 3 aromatic rings. The highest BCUT2D eigenvalue weighted by Gasteiger charge is 2.48. The fourth-order valence-electron chi connectivity index (χ4n) is 8.65. The number of halogens is 1. The summed E-state index contributed by atoms with van der Waals surface area (Å²) in [5.74, 6) is 2.78. The molecular weight excluding hydrogens is 754 g/mol. The largest absolute Gasteiger partial charge is 1.00 e. The zero-order valence-corrected chi connectivity index (χ0v) is 33.1. The highest BCUT2D eigenvalue weighted by Crippen LogP contribution is 2.43. The number of aromatic hydroxyl groups is 1. The highest BCUT2D eigenvalue weighted by molar-refractivity contribution is 5.75. The van der Waals surface area contributed by atoms with Gasteiger partial charge in [-0.2, -0.15) is 0 Å². The van der Waals surface area contributed by atoms with Gasteiger partial charge < -0.3 is 66.4 Å². The van der Waals surface area contributed by atoms with Crippen molar-refractivity contribution in [1.29, 1.82) is 0 Å². The molecular formula is C42H58BrN3O8. The van der Waals surface area contributed by atoms with Crippen LogP contribution in [0, 0.1) is 11.8 Å². The van der Waals surface area contributed by atoms with E-state index in [4.69, 9.17) is 18.9 Å². The number of benzene rings is 3. The Balaban J connectivity index is 0.00000561.